The number of piperidine rings is 1. The summed E-state index contributed by atoms with van der Waals surface area (Å²) in [5.74, 6) is 1.00. The number of nitrogens with one attached hydrogen (secondary N) is 2. The molecule has 2 heterocycles. The summed E-state index contributed by atoms with van der Waals surface area (Å²) < 4.78 is 34.3. The van der Waals surface area contributed by atoms with Crippen LogP contribution in [0.2, 0.25) is 5.02 Å². The number of nitriles is 1. The summed E-state index contributed by atoms with van der Waals surface area (Å²) in [6, 6.07) is 10.6. The Morgan fingerprint density at radius 3 is 2.53 bits per heavy atom. The second-order valence-corrected chi connectivity index (χ2v) is 12.1. The number of aliphatic imine (C=N–C) groups is 1. The summed E-state index contributed by atoms with van der Waals surface area (Å²) in [7, 11) is -3.73. The van der Waals surface area contributed by atoms with Crippen molar-refractivity contribution in [1.29, 1.82) is 5.26 Å². The van der Waals surface area contributed by atoms with E-state index in [0.29, 0.717) is 41.0 Å². The van der Waals surface area contributed by atoms with Gasteiger partial charge in [-0.3, -0.25) is 5.32 Å². The summed E-state index contributed by atoms with van der Waals surface area (Å²) in [5.41, 5.74) is 0.0313. The van der Waals surface area contributed by atoms with Crippen molar-refractivity contribution in [2.24, 2.45) is 10.9 Å². The van der Waals surface area contributed by atoms with Crippen LogP contribution in [-0.4, -0.2) is 48.6 Å². The number of benzene rings is 2. The molecule has 0 saturated carbocycles. The molecule has 3 N–H and O–H groups in total. The molecule has 192 valence electrons. The first-order valence-electron chi connectivity index (χ1n) is 11.8. The van der Waals surface area contributed by atoms with Gasteiger partial charge >= 0.3 is 0 Å². The van der Waals surface area contributed by atoms with E-state index in [-0.39, 0.29) is 10.9 Å². The summed E-state index contributed by atoms with van der Waals surface area (Å²) >= 11 is 5.96. The third kappa shape index (κ3) is 5.44. The highest BCUT2D eigenvalue weighted by molar-refractivity contribution is 7.89. The number of aliphatic hydroxyl groups excluding tert-OH is 1. The fourth-order valence-corrected chi connectivity index (χ4v) is 6.01. The average molecular weight is 532 g/mol. The van der Waals surface area contributed by atoms with Gasteiger partial charge in [-0.15, -0.1) is 0 Å². The average Bonchev–Trinajstić information content (AvgIpc) is 2.83. The normalized spacial score (nSPS) is 22.7. The van der Waals surface area contributed by atoms with E-state index in [1.807, 2.05) is 6.19 Å². The van der Waals surface area contributed by atoms with Crippen molar-refractivity contribution < 1.29 is 18.3 Å². The molecule has 0 aromatic heterocycles. The zero-order valence-electron chi connectivity index (χ0n) is 20.4. The summed E-state index contributed by atoms with van der Waals surface area (Å²) in [4.78, 5) is 4.72. The van der Waals surface area contributed by atoms with E-state index < -0.39 is 27.8 Å². The minimum Gasteiger partial charge on any atom is -0.485 e. The van der Waals surface area contributed by atoms with E-state index in [2.05, 4.69) is 22.5 Å². The van der Waals surface area contributed by atoms with Crippen molar-refractivity contribution in [2.75, 3.05) is 18.4 Å². The molecule has 11 heteroatoms. The van der Waals surface area contributed by atoms with Crippen molar-refractivity contribution in [2.45, 2.75) is 56.3 Å². The lowest BCUT2D eigenvalue weighted by Gasteiger charge is -2.41. The van der Waals surface area contributed by atoms with Gasteiger partial charge in [-0.25, -0.2) is 13.4 Å². The van der Waals surface area contributed by atoms with E-state index >= 15 is 0 Å². The zero-order chi connectivity index (χ0) is 26.1. The summed E-state index contributed by atoms with van der Waals surface area (Å²) in [5, 5.41) is 26.6. The van der Waals surface area contributed by atoms with E-state index in [0.717, 1.165) is 12.8 Å². The van der Waals surface area contributed by atoms with Crippen molar-refractivity contribution in [3.05, 3.63) is 53.1 Å². The van der Waals surface area contributed by atoms with Gasteiger partial charge in [-0.05, 0) is 75.1 Å². The Morgan fingerprint density at radius 1 is 1.22 bits per heavy atom. The Hall–Kier alpha value is -2.84. The van der Waals surface area contributed by atoms with E-state index in [9.17, 15) is 18.8 Å². The number of fused-ring (bicyclic) bond motifs is 1. The van der Waals surface area contributed by atoms with E-state index in [1.54, 1.807) is 44.2 Å². The van der Waals surface area contributed by atoms with Crippen LogP contribution < -0.4 is 15.4 Å². The highest BCUT2D eigenvalue weighted by Crippen LogP contribution is 2.43. The zero-order valence-corrected chi connectivity index (χ0v) is 22.0. The van der Waals surface area contributed by atoms with Crippen LogP contribution in [0.3, 0.4) is 0 Å². The lowest BCUT2D eigenvalue weighted by Crippen LogP contribution is -2.49. The molecule has 0 radical (unpaired) electrons. The molecule has 0 amide bonds. The highest BCUT2D eigenvalue weighted by Gasteiger charge is 2.44. The van der Waals surface area contributed by atoms with E-state index in [4.69, 9.17) is 16.3 Å². The number of halogens is 1. The minimum absolute atomic E-state index is 0.0887. The van der Waals surface area contributed by atoms with Gasteiger partial charge in [0.05, 0.1) is 4.90 Å². The first-order valence-corrected chi connectivity index (χ1v) is 13.6. The molecule has 4 rings (SSSR count). The van der Waals surface area contributed by atoms with Crippen molar-refractivity contribution in [3.63, 3.8) is 0 Å². The predicted octanol–water partition coefficient (Wildman–Crippen LogP) is 3.87. The predicted molar refractivity (Wildman–Crippen MR) is 138 cm³/mol. The Morgan fingerprint density at radius 2 is 1.89 bits per heavy atom. The fraction of sp³-hybridized carbons (Fsp3) is 0.440. The molecule has 1 saturated heterocycles. The van der Waals surface area contributed by atoms with Gasteiger partial charge < -0.3 is 15.2 Å². The first-order chi connectivity index (χ1) is 17.0. The molecule has 2 unspecified atom stereocenters. The summed E-state index contributed by atoms with van der Waals surface area (Å²) in [6.45, 7) is 6.52. The molecule has 2 aliphatic rings. The molecular weight excluding hydrogens is 502 g/mol. The number of nitrogens with zero attached hydrogens (tertiary/aromatic N) is 3. The lowest BCUT2D eigenvalue weighted by molar-refractivity contribution is -0.0568. The molecule has 0 spiro atoms. The van der Waals surface area contributed by atoms with Gasteiger partial charge in [0.15, 0.2) is 6.19 Å². The van der Waals surface area contributed by atoms with Crippen LogP contribution in [0.15, 0.2) is 52.4 Å². The molecule has 2 aromatic carbocycles. The molecule has 36 heavy (non-hydrogen) atoms. The number of aliphatic hydroxyl groups is 1. The van der Waals surface area contributed by atoms with Gasteiger partial charge in [0, 0.05) is 29.4 Å². The van der Waals surface area contributed by atoms with Crippen LogP contribution in [0, 0.1) is 17.4 Å². The van der Waals surface area contributed by atoms with Crippen molar-refractivity contribution >= 4 is 33.3 Å². The highest BCUT2D eigenvalue weighted by atomic mass is 35.5. The molecular formula is C25H30ClN5O4S. The lowest BCUT2D eigenvalue weighted by atomic mass is 9.87. The number of guanidine groups is 1. The Labute approximate surface area is 216 Å². The quantitative estimate of drug-likeness (QED) is 0.236. The number of anilines is 1. The number of sulfonamides is 1. The molecule has 2 aliphatic heterocycles. The topological polar surface area (TPSA) is 127 Å². The first kappa shape index (κ1) is 26.2. The Balaban J connectivity index is 1.74. The maximum atomic E-state index is 13.4. The fourth-order valence-electron chi connectivity index (χ4n) is 4.38. The van der Waals surface area contributed by atoms with Crippen molar-refractivity contribution in [3.8, 4) is 11.9 Å². The maximum absolute atomic E-state index is 13.4. The molecule has 9 nitrogen and oxygen atoms in total. The third-order valence-corrected chi connectivity index (χ3v) is 8.76. The van der Waals surface area contributed by atoms with Crippen LogP contribution in [0.1, 0.15) is 45.2 Å². The second kappa shape index (κ2) is 10.3. The van der Waals surface area contributed by atoms with Crippen LogP contribution in [0.5, 0.6) is 5.75 Å². The molecule has 2 aromatic rings. The third-order valence-electron chi connectivity index (χ3n) is 6.61. The minimum atomic E-state index is -3.73. The second-order valence-electron chi connectivity index (χ2n) is 9.73. The van der Waals surface area contributed by atoms with Gasteiger partial charge in [0.2, 0.25) is 16.0 Å². The standard InChI is InChI=1S/C25H30ClN5O4S/c1-16-10-12-31(13-11-16)36(33,34)19-8-9-21-20(14-19)22(23(32)25(2,3)35-21)30-24(28-15-27)29-18-6-4-17(26)5-7-18/h4-9,14,16,22-23,32H,10-13H2,1-3H3,(H2,28,29,30). The van der Waals surface area contributed by atoms with E-state index in [1.165, 1.54) is 16.4 Å². The largest absolute Gasteiger partial charge is 0.485 e. The van der Waals surface area contributed by atoms with Gasteiger partial charge in [0.25, 0.3) is 0 Å². The molecule has 0 aliphatic carbocycles. The SMILES string of the molecule is CC1CCN(S(=O)(=O)c2ccc3c(c2)C(N=C(NC#N)Nc2ccc(Cl)cc2)C(O)C(C)(C)O3)CC1. The summed E-state index contributed by atoms with van der Waals surface area (Å²) in [6.07, 6.45) is 2.35. The number of ether oxygens (including phenoxy) is 1. The molecule has 2 atom stereocenters. The van der Waals surface area contributed by atoms with Gasteiger partial charge in [-0.2, -0.15) is 9.57 Å². The number of rotatable bonds is 4. The monoisotopic (exact) mass is 531 g/mol. The number of hydrogen-bond donors (Lipinski definition) is 3. The van der Waals surface area contributed by atoms with Gasteiger partial charge in [-0.1, -0.05) is 18.5 Å². The smallest absolute Gasteiger partial charge is 0.243 e. The van der Waals surface area contributed by atoms with Crippen molar-refractivity contribution in [1.82, 2.24) is 9.62 Å². The van der Waals surface area contributed by atoms with Gasteiger partial charge in [0.1, 0.15) is 23.5 Å². The van der Waals surface area contributed by atoms with Crippen LogP contribution in [0.25, 0.3) is 0 Å². The molecule has 0 bridgehead atoms. The Kier molecular flexibility index (Phi) is 7.48. The van der Waals surface area contributed by atoms with Crippen LogP contribution >= 0.6 is 11.6 Å². The van der Waals surface area contributed by atoms with Crippen LogP contribution in [-0.2, 0) is 10.0 Å². The Bertz CT molecular complexity index is 1280. The number of hydrogen-bond acceptors (Lipinski definition) is 6. The maximum Gasteiger partial charge on any atom is 0.243 e. The van der Waals surface area contributed by atoms with Crippen LogP contribution in [0.4, 0.5) is 5.69 Å². The molecule has 1 fully saturated rings.